The molecule has 10 heteroatoms. The summed E-state index contributed by atoms with van der Waals surface area (Å²) in [6, 6.07) is 13.1. The van der Waals surface area contributed by atoms with E-state index >= 15 is 0 Å². The van der Waals surface area contributed by atoms with Gasteiger partial charge in [0.25, 0.3) is 0 Å². The summed E-state index contributed by atoms with van der Waals surface area (Å²) in [5.41, 5.74) is 7.74. The van der Waals surface area contributed by atoms with Crippen LogP contribution >= 0.6 is 23.4 Å². The molecule has 1 amide bonds. The van der Waals surface area contributed by atoms with Gasteiger partial charge in [0.05, 0.1) is 4.90 Å². The van der Waals surface area contributed by atoms with Gasteiger partial charge in [-0.1, -0.05) is 23.7 Å². The monoisotopic (exact) mass is 450 g/mol. The van der Waals surface area contributed by atoms with Crippen molar-refractivity contribution in [2.75, 3.05) is 17.3 Å². The number of hydrogen-bond donors (Lipinski definition) is 2. The molecule has 1 aromatic heterocycles. The average molecular weight is 451 g/mol. The lowest BCUT2D eigenvalue weighted by Crippen LogP contribution is -2.21. The van der Waals surface area contributed by atoms with Crippen LogP contribution in [0.15, 0.2) is 63.3 Å². The lowest BCUT2D eigenvalue weighted by Gasteiger charge is -2.08. The number of hydrogen-bond acceptors (Lipinski definition) is 6. The van der Waals surface area contributed by atoms with Crippen molar-refractivity contribution >= 4 is 50.6 Å². The molecule has 3 N–H and O–H groups in total. The molecule has 1 heterocycles. The van der Waals surface area contributed by atoms with Gasteiger partial charge in [-0.25, -0.2) is 13.1 Å². The molecule has 0 aliphatic rings. The zero-order valence-electron chi connectivity index (χ0n) is 15.7. The quantitative estimate of drug-likeness (QED) is 0.555. The van der Waals surface area contributed by atoms with E-state index in [-0.39, 0.29) is 33.1 Å². The third-order valence-electron chi connectivity index (χ3n) is 4.10. The molecule has 0 aliphatic heterocycles. The highest BCUT2D eigenvalue weighted by Gasteiger charge is 2.29. The predicted octanol–water partition coefficient (Wildman–Crippen LogP) is 3.62. The number of benzene rings is 2. The number of amides is 1. The summed E-state index contributed by atoms with van der Waals surface area (Å²) in [7, 11) is -3.93. The van der Waals surface area contributed by atoms with E-state index < -0.39 is 9.84 Å². The highest BCUT2D eigenvalue weighted by atomic mass is 35.5. The summed E-state index contributed by atoms with van der Waals surface area (Å²) >= 11 is 6.99. The van der Waals surface area contributed by atoms with Crippen molar-refractivity contribution < 1.29 is 13.2 Å². The van der Waals surface area contributed by atoms with E-state index in [1.807, 2.05) is 25.1 Å². The fourth-order valence-corrected chi connectivity index (χ4v) is 5.29. The first kappa shape index (κ1) is 21.2. The number of nitrogen functional groups attached to an aromatic ring is 1. The molecule has 0 radical (unpaired) electrons. The largest absolute Gasteiger partial charge is 0.383 e. The van der Waals surface area contributed by atoms with E-state index in [4.69, 9.17) is 17.3 Å². The molecule has 3 rings (SSSR count). The van der Waals surface area contributed by atoms with Gasteiger partial charge in [0.1, 0.15) is 22.3 Å². The van der Waals surface area contributed by atoms with Crippen molar-refractivity contribution in [3.05, 3.63) is 59.1 Å². The summed E-state index contributed by atoms with van der Waals surface area (Å²) in [4.78, 5) is 12.3. The normalized spacial score (nSPS) is 11.4. The Morgan fingerprint density at radius 2 is 1.93 bits per heavy atom. The van der Waals surface area contributed by atoms with Crippen LogP contribution in [0.25, 0.3) is 0 Å². The number of thioether (sulfide) groups is 1. The molecule has 152 valence electrons. The first-order valence-corrected chi connectivity index (χ1v) is 11.6. The van der Waals surface area contributed by atoms with E-state index in [2.05, 4.69) is 10.4 Å². The number of carbonyl (C=O) groups is 1. The lowest BCUT2D eigenvalue weighted by molar-refractivity contribution is -0.116. The zero-order chi connectivity index (χ0) is 21.2. The number of halogens is 1. The van der Waals surface area contributed by atoms with Crippen LogP contribution < -0.4 is 11.1 Å². The van der Waals surface area contributed by atoms with E-state index in [1.165, 1.54) is 28.9 Å². The second kappa shape index (κ2) is 8.48. The molecule has 7 nitrogen and oxygen atoms in total. The van der Waals surface area contributed by atoms with Crippen LogP contribution in [-0.4, -0.2) is 30.4 Å². The van der Waals surface area contributed by atoms with E-state index in [0.29, 0.717) is 10.7 Å². The number of aromatic nitrogens is 2. The maximum absolute atomic E-state index is 13.1. The maximum Gasteiger partial charge on any atom is 0.246 e. The van der Waals surface area contributed by atoms with Crippen LogP contribution in [0.5, 0.6) is 0 Å². The van der Waals surface area contributed by atoms with Crippen molar-refractivity contribution in [1.29, 1.82) is 0 Å². The molecule has 0 bridgehead atoms. The fourth-order valence-electron chi connectivity index (χ4n) is 2.73. The topological polar surface area (TPSA) is 107 Å². The minimum Gasteiger partial charge on any atom is -0.383 e. The summed E-state index contributed by atoms with van der Waals surface area (Å²) in [5, 5.41) is 7.63. The van der Waals surface area contributed by atoms with Gasteiger partial charge < -0.3 is 11.1 Å². The second-order valence-electron chi connectivity index (χ2n) is 6.26. The first-order chi connectivity index (χ1) is 13.7. The van der Waals surface area contributed by atoms with Crippen LogP contribution in [0.4, 0.5) is 11.5 Å². The Hall–Kier alpha value is -2.49. The molecule has 0 spiro atoms. The van der Waals surface area contributed by atoms with Gasteiger partial charge in [-0.05, 0) is 55.1 Å². The Balaban J connectivity index is 1.91. The molecule has 3 aromatic rings. The van der Waals surface area contributed by atoms with Gasteiger partial charge in [0.2, 0.25) is 15.7 Å². The van der Waals surface area contributed by atoms with Gasteiger partial charge in [0.15, 0.2) is 0 Å². The Bertz CT molecular complexity index is 1160. The number of nitrogens with two attached hydrogens (primary N) is 1. The van der Waals surface area contributed by atoms with Gasteiger partial charge >= 0.3 is 0 Å². The summed E-state index contributed by atoms with van der Waals surface area (Å²) in [6.45, 7) is 1.70. The zero-order valence-corrected chi connectivity index (χ0v) is 18.1. The fraction of sp³-hybridized carbons (Fsp3) is 0.158. The second-order valence-corrected chi connectivity index (χ2v) is 9.37. The molecular formula is C19H19ClN4O3S2. The van der Waals surface area contributed by atoms with E-state index in [1.54, 1.807) is 12.3 Å². The minimum atomic E-state index is -3.93. The Morgan fingerprint density at radius 1 is 1.24 bits per heavy atom. The Morgan fingerprint density at radius 3 is 2.55 bits per heavy atom. The van der Waals surface area contributed by atoms with Gasteiger partial charge in [0, 0.05) is 10.7 Å². The highest BCUT2D eigenvalue weighted by Crippen LogP contribution is 2.34. The average Bonchev–Trinajstić information content (AvgIpc) is 2.98. The van der Waals surface area contributed by atoms with Crippen LogP contribution in [0.2, 0.25) is 5.02 Å². The Labute approximate surface area is 178 Å². The van der Waals surface area contributed by atoms with E-state index in [9.17, 15) is 13.2 Å². The van der Waals surface area contributed by atoms with E-state index in [0.717, 1.165) is 17.3 Å². The summed E-state index contributed by atoms with van der Waals surface area (Å²) < 4.78 is 27.4. The molecule has 0 fully saturated rings. The lowest BCUT2D eigenvalue weighted by atomic mass is 10.2. The summed E-state index contributed by atoms with van der Waals surface area (Å²) in [5.74, 6) is -0.461. The maximum atomic E-state index is 13.1. The Kier molecular flexibility index (Phi) is 6.21. The number of nitrogens with one attached hydrogen (secondary N) is 1. The van der Waals surface area contributed by atoms with Gasteiger partial charge in [-0.3, -0.25) is 4.79 Å². The molecule has 0 saturated heterocycles. The van der Waals surface area contributed by atoms with Crippen molar-refractivity contribution in [1.82, 2.24) is 9.78 Å². The van der Waals surface area contributed by atoms with Crippen LogP contribution in [-0.2, 0) is 21.2 Å². The predicted molar refractivity (Wildman–Crippen MR) is 115 cm³/mol. The number of nitrogens with zero attached hydrogens (tertiary/aromatic N) is 2. The SMILES string of the molecule is CSc1nn(CC(=O)Nc2cccc(C)c2)c(N)c1S(=O)(=O)c1ccc(Cl)cc1. The highest BCUT2D eigenvalue weighted by molar-refractivity contribution is 7.99. The number of sulfone groups is 1. The van der Waals surface area contributed by atoms with Gasteiger partial charge in [-0.2, -0.15) is 5.10 Å². The molecule has 0 atom stereocenters. The van der Waals surface area contributed by atoms with Crippen molar-refractivity contribution in [3.8, 4) is 0 Å². The number of anilines is 2. The van der Waals surface area contributed by atoms with Gasteiger partial charge in [-0.15, -0.1) is 11.8 Å². The molecule has 0 unspecified atom stereocenters. The third-order valence-corrected chi connectivity index (χ3v) is 6.98. The van der Waals surface area contributed by atoms with Crippen molar-refractivity contribution in [2.45, 2.75) is 28.3 Å². The van der Waals surface area contributed by atoms with Crippen LogP contribution in [0, 0.1) is 6.92 Å². The minimum absolute atomic E-state index is 0.0488. The summed E-state index contributed by atoms with van der Waals surface area (Å²) in [6.07, 6.45) is 1.69. The van der Waals surface area contributed by atoms with Crippen LogP contribution in [0.1, 0.15) is 5.56 Å². The number of carbonyl (C=O) groups excluding carboxylic acids is 1. The molecule has 0 saturated carbocycles. The molecule has 29 heavy (non-hydrogen) atoms. The smallest absolute Gasteiger partial charge is 0.246 e. The first-order valence-electron chi connectivity index (χ1n) is 8.50. The molecular weight excluding hydrogens is 432 g/mol. The van der Waals surface area contributed by atoms with Crippen LogP contribution in [0.3, 0.4) is 0 Å². The number of rotatable bonds is 6. The molecule has 0 aliphatic carbocycles. The van der Waals surface area contributed by atoms with Crippen molar-refractivity contribution in [2.24, 2.45) is 0 Å². The standard InChI is InChI=1S/C19H19ClN4O3S2/c1-12-4-3-5-14(10-12)22-16(25)11-24-18(21)17(19(23-24)28-2)29(26,27)15-8-6-13(20)7-9-15/h3-10H,11,21H2,1-2H3,(H,22,25). The van der Waals surface area contributed by atoms with Crippen molar-refractivity contribution in [3.63, 3.8) is 0 Å². The molecule has 2 aromatic carbocycles. The third kappa shape index (κ3) is 4.58. The number of aryl methyl sites for hydroxylation is 1.